The highest BCUT2D eigenvalue weighted by Crippen LogP contribution is 2.20. The number of rotatable bonds is 4. The largest absolute Gasteiger partial charge is 0.378 e. The second kappa shape index (κ2) is 4.70. The van der Waals surface area contributed by atoms with Crippen molar-refractivity contribution in [1.29, 1.82) is 0 Å². The molecule has 94 valence electrons. The molecule has 0 spiro atoms. The summed E-state index contributed by atoms with van der Waals surface area (Å²) in [5.41, 5.74) is 5.29. The summed E-state index contributed by atoms with van der Waals surface area (Å²) in [5, 5.41) is 13.6. The lowest BCUT2D eigenvalue weighted by molar-refractivity contribution is -0.384. The summed E-state index contributed by atoms with van der Waals surface area (Å²) >= 11 is 0. The fourth-order valence-corrected chi connectivity index (χ4v) is 1.46. The zero-order chi connectivity index (χ0) is 13.1. The molecule has 0 bridgehead atoms. The van der Waals surface area contributed by atoms with Gasteiger partial charge in [-0.05, 0) is 6.07 Å². The highest BCUT2D eigenvalue weighted by Gasteiger charge is 2.12. The summed E-state index contributed by atoms with van der Waals surface area (Å²) in [6.07, 6.45) is 3.52. The smallest absolute Gasteiger partial charge is 0.311 e. The van der Waals surface area contributed by atoms with Crippen LogP contribution in [0.4, 0.5) is 17.3 Å². The molecule has 8 heteroatoms. The van der Waals surface area contributed by atoms with Crippen molar-refractivity contribution in [1.82, 2.24) is 14.5 Å². The monoisotopic (exact) mass is 248 g/mol. The molecule has 18 heavy (non-hydrogen) atoms. The number of aryl methyl sites for hydroxylation is 1. The van der Waals surface area contributed by atoms with Crippen LogP contribution in [0.3, 0.4) is 0 Å². The molecule has 0 radical (unpaired) electrons. The average molecular weight is 248 g/mol. The van der Waals surface area contributed by atoms with Gasteiger partial charge < -0.3 is 15.6 Å². The van der Waals surface area contributed by atoms with Crippen molar-refractivity contribution in [3.05, 3.63) is 40.5 Å². The third-order valence-electron chi connectivity index (χ3n) is 2.45. The van der Waals surface area contributed by atoms with Crippen LogP contribution in [0.15, 0.2) is 24.5 Å². The number of imidazole rings is 1. The second-order valence-corrected chi connectivity index (χ2v) is 3.67. The van der Waals surface area contributed by atoms with E-state index in [1.54, 1.807) is 6.20 Å². The van der Waals surface area contributed by atoms with Crippen LogP contribution in [-0.2, 0) is 13.6 Å². The number of aromatic nitrogens is 3. The first-order chi connectivity index (χ1) is 8.58. The lowest BCUT2D eigenvalue weighted by atomic mass is 10.4. The van der Waals surface area contributed by atoms with E-state index in [1.165, 1.54) is 12.1 Å². The van der Waals surface area contributed by atoms with Crippen LogP contribution in [-0.4, -0.2) is 19.5 Å². The molecular formula is C10H12N6O2. The first-order valence-electron chi connectivity index (χ1n) is 5.19. The fourth-order valence-electron chi connectivity index (χ4n) is 1.46. The van der Waals surface area contributed by atoms with E-state index in [1.807, 2.05) is 17.8 Å². The van der Waals surface area contributed by atoms with Crippen molar-refractivity contribution >= 4 is 17.3 Å². The Kier molecular flexibility index (Phi) is 3.09. The average Bonchev–Trinajstić information content (AvgIpc) is 2.72. The number of nitrogens with one attached hydrogen (secondary N) is 1. The van der Waals surface area contributed by atoms with E-state index in [4.69, 9.17) is 5.73 Å². The Morgan fingerprint density at radius 2 is 2.33 bits per heavy atom. The lowest BCUT2D eigenvalue weighted by Gasteiger charge is -2.06. The number of nitrogens with two attached hydrogens (primary N) is 1. The van der Waals surface area contributed by atoms with E-state index in [2.05, 4.69) is 15.3 Å². The van der Waals surface area contributed by atoms with Crippen molar-refractivity contribution in [2.45, 2.75) is 6.54 Å². The summed E-state index contributed by atoms with van der Waals surface area (Å²) in [6, 6.07) is 2.83. The molecule has 0 saturated heterocycles. The second-order valence-electron chi connectivity index (χ2n) is 3.67. The Morgan fingerprint density at radius 1 is 1.56 bits per heavy atom. The van der Waals surface area contributed by atoms with Crippen LogP contribution in [0.1, 0.15) is 5.82 Å². The van der Waals surface area contributed by atoms with Crippen LogP contribution in [0, 0.1) is 10.1 Å². The Morgan fingerprint density at radius 3 is 2.89 bits per heavy atom. The Labute approximate surface area is 103 Å². The van der Waals surface area contributed by atoms with E-state index >= 15 is 0 Å². The molecule has 0 aromatic carbocycles. The van der Waals surface area contributed by atoms with Gasteiger partial charge in [0, 0.05) is 25.5 Å². The quantitative estimate of drug-likeness (QED) is 0.614. The van der Waals surface area contributed by atoms with Gasteiger partial charge in [0.1, 0.15) is 11.6 Å². The fraction of sp³-hybridized carbons (Fsp3) is 0.200. The molecule has 0 saturated carbocycles. The summed E-state index contributed by atoms with van der Waals surface area (Å²) in [6.45, 7) is 0.466. The minimum Gasteiger partial charge on any atom is -0.378 e. The van der Waals surface area contributed by atoms with Crippen molar-refractivity contribution in [2.24, 2.45) is 7.05 Å². The summed E-state index contributed by atoms with van der Waals surface area (Å²) < 4.78 is 1.86. The molecule has 2 rings (SSSR count). The van der Waals surface area contributed by atoms with E-state index in [0.717, 1.165) is 5.82 Å². The maximum Gasteiger partial charge on any atom is 0.311 e. The number of nitrogen functional groups attached to an aromatic ring is 1. The molecule has 0 aliphatic heterocycles. The van der Waals surface area contributed by atoms with Gasteiger partial charge >= 0.3 is 5.69 Å². The predicted octanol–water partition coefficient (Wildman–Crippen LogP) is 0.918. The summed E-state index contributed by atoms with van der Waals surface area (Å²) in [7, 11) is 1.88. The standard InChI is InChI=1S/C10H12N6O2/c1-15-5-4-12-9(15)6-13-8-3-2-7(16(17)18)10(11)14-8/h2-5H,6H2,1H3,(H3,11,13,14). The lowest BCUT2D eigenvalue weighted by Crippen LogP contribution is -2.08. The van der Waals surface area contributed by atoms with Gasteiger partial charge in [-0.25, -0.2) is 9.97 Å². The number of nitrogens with zero attached hydrogens (tertiary/aromatic N) is 4. The molecular weight excluding hydrogens is 236 g/mol. The molecule has 2 heterocycles. The van der Waals surface area contributed by atoms with E-state index < -0.39 is 4.92 Å². The first-order valence-corrected chi connectivity index (χ1v) is 5.19. The van der Waals surface area contributed by atoms with Crippen molar-refractivity contribution in [3.63, 3.8) is 0 Å². The zero-order valence-corrected chi connectivity index (χ0v) is 9.70. The predicted molar refractivity (Wildman–Crippen MR) is 65.8 cm³/mol. The molecule has 0 amide bonds. The van der Waals surface area contributed by atoms with Crippen LogP contribution < -0.4 is 11.1 Å². The number of hydrogen-bond donors (Lipinski definition) is 2. The minimum atomic E-state index is -0.565. The van der Waals surface area contributed by atoms with Crippen molar-refractivity contribution in [2.75, 3.05) is 11.1 Å². The maximum atomic E-state index is 10.6. The van der Waals surface area contributed by atoms with Crippen LogP contribution >= 0.6 is 0 Å². The molecule has 2 aromatic rings. The Hall–Kier alpha value is -2.64. The number of pyridine rings is 1. The first kappa shape index (κ1) is 11.8. The number of nitro groups is 1. The highest BCUT2D eigenvalue weighted by atomic mass is 16.6. The molecule has 0 unspecified atom stereocenters. The summed E-state index contributed by atoms with van der Waals surface area (Å²) in [5.74, 6) is 1.19. The molecule has 0 aliphatic rings. The SMILES string of the molecule is Cn1ccnc1CNc1ccc([N+](=O)[O-])c(N)n1. The topological polar surface area (TPSA) is 112 Å². The van der Waals surface area contributed by atoms with Gasteiger partial charge in [0.05, 0.1) is 11.5 Å². The molecule has 2 aromatic heterocycles. The zero-order valence-electron chi connectivity index (χ0n) is 9.70. The van der Waals surface area contributed by atoms with Crippen molar-refractivity contribution < 1.29 is 4.92 Å². The van der Waals surface area contributed by atoms with Gasteiger partial charge in [-0.1, -0.05) is 0 Å². The molecule has 0 fully saturated rings. The highest BCUT2D eigenvalue weighted by molar-refractivity contribution is 5.57. The van der Waals surface area contributed by atoms with Gasteiger partial charge in [-0.2, -0.15) is 0 Å². The van der Waals surface area contributed by atoms with Crippen LogP contribution in [0.25, 0.3) is 0 Å². The van der Waals surface area contributed by atoms with Crippen molar-refractivity contribution in [3.8, 4) is 0 Å². The normalized spacial score (nSPS) is 10.3. The van der Waals surface area contributed by atoms with Crippen LogP contribution in [0.2, 0.25) is 0 Å². The Balaban J connectivity index is 2.09. The van der Waals surface area contributed by atoms with Gasteiger partial charge in [0.25, 0.3) is 0 Å². The maximum absolute atomic E-state index is 10.6. The van der Waals surface area contributed by atoms with Gasteiger partial charge in [0.2, 0.25) is 5.82 Å². The summed E-state index contributed by atoms with van der Waals surface area (Å²) in [4.78, 5) is 18.1. The molecule has 0 aliphatic carbocycles. The van der Waals surface area contributed by atoms with Gasteiger partial charge in [-0.15, -0.1) is 0 Å². The third kappa shape index (κ3) is 2.37. The molecule has 3 N–H and O–H groups in total. The van der Waals surface area contributed by atoms with Crippen LogP contribution in [0.5, 0.6) is 0 Å². The number of anilines is 2. The molecule has 0 atom stereocenters. The molecule has 8 nitrogen and oxygen atoms in total. The third-order valence-corrected chi connectivity index (χ3v) is 2.45. The van der Waals surface area contributed by atoms with E-state index in [0.29, 0.717) is 12.4 Å². The minimum absolute atomic E-state index is 0.107. The van der Waals surface area contributed by atoms with Gasteiger partial charge in [-0.3, -0.25) is 10.1 Å². The van der Waals surface area contributed by atoms with Gasteiger partial charge in [0.15, 0.2) is 0 Å². The van der Waals surface area contributed by atoms with E-state index in [-0.39, 0.29) is 11.5 Å². The Bertz CT molecular complexity index is 579. The number of hydrogen-bond acceptors (Lipinski definition) is 6. The van der Waals surface area contributed by atoms with E-state index in [9.17, 15) is 10.1 Å².